The van der Waals surface area contributed by atoms with Crippen LogP contribution in [0.15, 0.2) is 58.1 Å². The van der Waals surface area contributed by atoms with Crippen LogP contribution >= 0.6 is 11.8 Å². The molecule has 0 saturated carbocycles. The Kier molecular flexibility index (Phi) is 6.13. The summed E-state index contributed by atoms with van der Waals surface area (Å²) < 4.78 is 12.1. The molecule has 0 spiro atoms. The minimum absolute atomic E-state index is 0.0739. The van der Waals surface area contributed by atoms with Crippen LogP contribution in [0.1, 0.15) is 5.56 Å². The monoisotopic (exact) mass is 450 g/mol. The quantitative estimate of drug-likeness (QED) is 0.407. The van der Waals surface area contributed by atoms with Crippen molar-refractivity contribution in [1.29, 1.82) is 0 Å². The van der Waals surface area contributed by atoms with Crippen LogP contribution in [-0.2, 0) is 11.3 Å². The number of anilines is 2. The second kappa shape index (κ2) is 9.15. The lowest BCUT2D eigenvalue weighted by Gasteiger charge is -2.08. The van der Waals surface area contributed by atoms with Crippen molar-refractivity contribution in [3.8, 4) is 28.6 Å². The number of nitrogens with two attached hydrogens (primary N) is 1. The van der Waals surface area contributed by atoms with Gasteiger partial charge in [0, 0.05) is 17.3 Å². The molecule has 10 heteroatoms. The highest BCUT2D eigenvalue weighted by molar-refractivity contribution is 7.98. The van der Waals surface area contributed by atoms with Gasteiger partial charge in [0.15, 0.2) is 0 Å². The molecule has 2 heterocycles. The molecule has 0 aliphatic carbocycles. The predicted octanol–water partition coefficient (Wildman–Crippen LogP) is 3.86. The van der Waals surface area contributed by atoms with Gasteiger partial charge in [-0.2, -0.15) is 10.1 Å². The molecule has 4 aromatic rings. The fourth-order valence-electron chi connectivity index (χ4n) is 3.18. The van der Waals surface area contributed by atoms with Crippen molar-refractivity contribution in [2.75, 3.05) is 24.4 Å². The number of carbonyl (C=O) groups is 1. The molecule has 9 nitrogen and oxygen atoms in total. The zero-order valence-corrected chi connectivity index (χ0v) is 18.6. The summed E-state index contributed by atoms with van der Waals surface area (Å²) >= 11 is 1.38. The number of aryl methyl sites for hydroxylation is 1. The first-order chi connectivity index (χ1) is 15.5. The molecule has 0 fully saturated rings. The van der Waals surface area contributed by atoms with Crippen molar-refractivity contribution in [1.82, 2.24) is 19.9 Å². The van der Waals surface area contributed by atoms with Crippen molar-refractivity contribution in [3.05, 3.63) is 54.1 Å². The van der Waals surface area contributed by atoms with Gasteiger partial charge in [0.1, 0.15) is 28.7 Å². The van der Waals surface area contributed by atoms with E-state index in [2.05, 4.69) is 20.6 Å². The van der Waals surface area contributed by atoms with Crippen LogP contribution in [0, 0.1) is 6.92 Å². The second-order valence-corrected chi connectivity index (χ2v) is 7.79. The number of carbonyl (C=O) groups excluding carboxylic acids is 1. The van der Waals surface area contributed by atoms with E-state index in [1.54, 1.807) is 31.4 Å². The fourth-order valence-corrected chi connectivity index (χ4v) is 3.76. The zero-order valence-electron chi connectivity index (χ0n) is 17.8. The Morgan fingerprint density at radius 3 is 2.81 bits per heavy atom. The number of benzene rings is 2. The van der Waals surface area contributed by atoms with Gasteiger partial charge in [0.25, 0.3) is 5.89 Å². The van der Waals surface area contributed by atoms with E-state index >= 15 is 0 Å². The van der Waals surface area contributed by atoms with Crippen molar-refractivity contribution < 1.29 is 14.1 Å². The summed E-state index contributed by atoms with van der Waals surface area (Å²) in [5.41, 5.74) is 9.39. The molecule has 3 N–H and O–H groups in total. The summed E-state index contributed by atoms with van der Waals surface area (Å²) in [6, 6.07) is 14.9. The van der Waals surface area contributed by atoms with Gasteiger partial charge in [-0.25, -0.2) is 4.68 Å². The lowest BCUT2D eigenvalue weighted by Crippen LogP contribution is -2.20. The standard InChI is InChI=1S/C22H22N6O3S/c1-13-6-4-7-14(10-13)20-25-21(31-27-20)18-19(23)28(26-22(18)32-3)12-17(29)24-15-8-5-9-16(11-15)30-2/h4-11H,12,23H2,1-3H3,(H,24,29). The second-order valence-electron chi connectivity index (χ2n) is 7.00. The maximum absolute atomic E-state index is 12.6. The Hall–Kier alpha value is -3.79. The lowest BCUT2D eigenvalue weighted by atomic mass is 10.1. The van der Waals surface area contributed by atoms with Gasteiger partial charge in [0.2, 0.25) is 11.7 Å². The Morgan fingerprint density at radius 1 is 1.25 bits per heavy atom. The van der Waals surface area contributed by atoms with Gasteiger partial charge in [0.05, 0.1) is 7.11 Å². The maximum atomic E-state index is 12.6. The molecule has 0 aliphatic rings. The summed E-state index contributed by atoms with van der Waals surface area (Å²) in [5.74, 6) is 1.35. The van der Waals surface area contributed by atoms with E-state index < -0.39 is 0 Å². The van der Waals surface area contributed by atoms with Gasteiger partial charge in [-0.1, -0.05) is 35.0 Å². The molecule has 2 aromatic heterocycles. The largest absolute Gasteiger partial charge is 0.497 e. The summed E-state index contributed by atoms with van der Waals surface area (Å²) in [6.45, 7) is 1.92. The van der Waals surface area contributed by atoms with Gasteiger partial charge >= 0.3 is 0 Å². The molecular formula is C22H22N6O3S. The highest BCUT2D eigenvalue weighted by atomic mass is 32.2. The molecule has 0 aliphatic heterocycles. The van der Waals surface area contributed by atoms with Crippen molar-refractivity contribution in [2.45, 2.75) is 18.5 Å². The van der Waals surface area contributed by atoms with E-state index in [1.807, 2.05) is 37.4 Å². The number of nitrogen functional groups attached to an aromatic ring is 1. The third-order valence-electron chi connectivity index (χ3n) is 4.72. The topological polar surface area (TPSA) is 121 Å². The average molecular weight is 451 g/mol. The molecule has 4 rings (SSSR count). The number of amides is 1. The Bertz CT molecular complexity index is 1270. The number of methoxy groups -OCH3 is 1. The first-order valence-corrected chi connectivity index (χ1v) is 11.0. The smallest absolute Gasteiger partial charge is 0.264 e. The maximum Gasteiger partial charge on any atom is 0.264 e. The van der Waals surface area contributed by atoms with E-state index in [-0.39, 0.29) is 24.2 Å². The SMILES string of the molecule is COc1cccc(NC(=O)Cn2nc(SC)c(-c3nc(-c4cccc(C)c4)no3)c2N)c1. The van der Waals surface area contributed by atoms with Gasteiger partial charge in [-0.05, 0) is 31.4 Å². The van der Waals surface area contributed by atoms with E-state index in [9.17, 15) is 4.79 Å². The number of hydrogen-bond donors (Lipinski definition) is 2. The van der Waals surface area contributed by atoms with Crippen LogP contribution in [0.4, 0.5) is 11.5 Å². The number of hydrogen-bond acceptors (Lipinski definition) is 8. The average Bonchev–Trinajstić information content (AvgIpc) is 3.38. The molecular weight excluding hydrogens is 428 g/mol. The number of nitrogens with one attached hydrogen (secondary N) is 1. The number of aromatic nitrogens is 4. The van der Waals surface area contributed by atoms with E-state index in [0.29, 0.717) is 27.9 Å². The summed E-state index contributed by atoms with van der Waals surface area (Å²) in [4.78, 5) is 17.1. The van der Waals surface area contributed by atoms with Crippen molar-refractivity contribution >= 4 is 29.2 Å². The third-order valence-corrected chi connectivity index (χ3v) is 5.39. The first kappa shape index (κ1) is 21.4. The van der Waals surface area contributed by atoms with Crippen LogP contribution in [0.3, 0.4) is 0 Å². The normalized spacial score (nSPS) is 10.8. The summed E-state index contributed by atoms with van der Waals surface area (Å²) in [6.07, 6.45) is 1.86. The van der Waals surface area contributed by atoms with E-state index in [4.69, 9.17) is 15.0 Å². The highest BCUT2D eigenvalue weighted by Gasteiger charge is 2.24. The first-order valence-electron chi connectivity index (χ1n) is 9.73. The molecule has 0 bridgehead atoms. The molecule has 2 aromatic carbocycles. The fraction of sp³-hybridized carbons (Fsp3) is 0.182. The molecule has 0 saturated heterocycles. The zero-order chi connectivity index (χ0) is 22.7. The van der Waals surface area contributed by atoms with Crippen LogP contribution in [0.5, 0.6) is 5.75 Å². The number of thioether (sulfide) groups is 1. The molecule has 0 unspecified atom stereocenters. The molecule has 1 amide bonds. The molecule has 0 atom stereocenters. The lowest BCUT2D eigenvalue weighted by molar-refractivity contribution is -0.116. The van der Waals surface area contributed by atoms with Gasteiger partial charge in [-0.15, -0.1) is 11.8 Å². The number of rotatable bonds is 7. The Labute approximate surface area is 189 Å². The number of nitrogens with zero attached hydrogens (tertiary/aromatic N) is 4. The predicted molar refractivity (Wildman–Crippen MR) is 124 cm³/mol. The van der Waals surface area contributed by atoms with Crippen LogP contribution in [0.2, 0.25) is 0 Å². The minimum atomic E-state index is -0.280. The van der Waals surface area contributed by atoms with Gasteiger partial charge < -0.3 is 20.3 Å². The van der Waals surface area contributed by atoms with Gasteiger partial charge in [-0.3, -0.25) is 4.79 Å². The molecule has 164 valence electrons. The summed E-state index contributed by atoms with van der Waals surface area (Å²) in [7, 11) is 1.57. The van der Waals surface area contributed by atoms with E-state index in [1.165, 1.54) is 16.4 Å². The van der Waals surface area contributed by atoms with Crippen molar-refractivity contribution in [2.24, 2.45) is 0 Å². The third kappa shape index (κ3) is 4.45. The van der Waals surface area contributed by atoms with E-state index in [0.717, 1.165) is 11.1 Å². The highest BCUT2D eigenvalue weighted by Crippen LogP contribution is 2.35. The number of ether oxygens (including phenoxy) is 1. The van der Waals surface area contributed by atoms with Crippen LogP contribution < -0.4 is 15.8 Å². The molecule has 32 heavy (non-hydrogen) atoms. The Balaban J connectivity index is 1.58. The van der Waals surface area contributed by atoms with Crippen molar-refractivity contribution in [3.63, 3.8) is 0 Å². The van der Waals surface area contributed by atoms with Crippen LogP contribution in [-0.4, -0.2) is 39.2 Å². The molecule has 0 radical (unpaired) electrons. The Morgan fingerprint density at radius 2 is 2.06 bits per heavy atom. The van der Waals surface area contributed by atoms with Crippen LogP contribution in [0.25, 0.3) is 22.8 Å². The minimum Gasteiger partial charge on any atom is -0.497 e. The summed E-state index contributed by atoms with van der Waals surface area (Å²) in [5, 5.41) is 12.0.